The lowest BCUT2D eigenvalue weighted by Gasteiger charge is -2.20. The summed E-state index contributed by atoms with van der Waals surface area (Å²) in [4.78, 5) is 35.8. The predicted octanol–water partition coefficient (Wildman–Crippen LogP) is 1.12. The third-order valence-corrected chi connectivity index (χ3v) is 3.65. The number of ether oxygens (including phenoxy) is 2. The lowest BCUT2D eigenvalue weighted by molar-refractivity contribution is -0.145. The molecule has 0 saturated carbocycles. The zero-order chi connectivity index (χ0) is 19.4. The van der Waals surface area contributed by atoms with Gasteiger partial charge in [0.15, 0.2) is 0 Å². The first-order valence-electron chi connectivity index (χ1n) is 8.48. The second kappa shape index (κ2) is 11.9. The number of alkyl carbamates (subject to hydrolysis) is 1. The number of hydrogen-bond donors (Lipinski definition) is 3. The summed E-state index contributed by atoms with van der Waals surface area (Å²) in [6.45, 7) is 1.36. The molecular formula is C18H26N2O6. The van der Waals surface area contributed by atoms with Crippen molar-refractivity contribution in [3.63, 3.8) is 0 Å². The van der Waals surface area contributed by atoms with E-state index in [0.29, 0.717) is 6.42 Å². The molecule has 0 heterocycles. The number of unbranched alkanes of at least 4 members (excludes halogenated alkanes) is 1. The van der Waals surface area contributed by atoms with E-state index in [9.17, 15) is 19.5 Å². The Balaban J connectivity index is 2.55. The second-order valence-electron chi connectivity index (χ2n) is 5.67. The molecule has 0 saturated heterocycles. The van der Waals surface area contributed by atoms with Crippen LogP contribution in [-0.2, 0) is 25.7 Å². The quantitative estimate of drug-likeness (QED) is 0.535. The summed E-state index contributed by atoms with van der Waals surface area (Å²) in [5.41, 5.74) is 0.790. The molecule has 0 aliphatic rings. The van der Waals surface area contributed by atoms with Gasteiger partial charge in [-0.05, 0) is 12.0 Å². The van der Waals surface area contributed by atoms with Crippen LogP contribution in [0.2, 0.25) is 0 Å². The Morgan fingerprint density at radius 2 is 1.81 bits per heavy atom. The highest BCUT2D eigenvalue weighted by atomic mass is 16.5. The van der Waals surface area contributed by atoms with Crippen LogP contribution in [-0.4, -0.2) is 48.9 Å². The Bertz CT molecular complexity index is 578. The molecule has 144 valence electrons. The fraction of sp³-hybridized carbons (Fsp3) is 0.500. The molecular weight excluding hydrogens is 340 g/mol. The summed E-state index contributed by atoms with van der Waals surface area (Å²) in [5.74, 6) is -1.26. The Morgan fingerprint density at radius 3 is 2.38 bits per heavy atom. The molecule has 0 aliphatic heterocycles. The summed E-state index contributed by atoms with van der Waals surface area (Å²) in [5, 5.41) is 14.1. The number of methoxy groups -OCH3 is 1. The Hall–Kier alpha value is -2.61. The minimum atomic E-state index is -1.23. The first-order valence-corrected chi connectivity index (χ1v) is 8.48. The molecule has 8 heteroatoms. The summed E-state index contributed by atoms with van der Waals surface area (Å²) in [7, 11) is 1.23. The van der Waals surface area contributed by atoms with E-state index >= 15 is 0 Å². The average Bonchev–Trinajstić information content (AvgIpc) is 2.67. The highest BCUT2D eigenvalue weighted by Crippen LogP contribution is 2.04. The fourth-order valence-electron chi connectivity index (χ4n) is 2.17. The van der Waals surface area contributed by atoms with Gasteiger partial charge in [-0.2, -0.15) is 0 Å². The van der Waals surface area contributed by atoms with Gasteiger partial charge >= 0.3 is 12.1 Å². The number of hydrogen-bond acceptors (Lipinski definition) is 6. The molecule has 0 fully saturated rings. The number of rotatable bonds is 10. The molecule has 0 aliphatic carbocycles. The molecule has 1 aromatic carbocycles. The molecule has 2 atom stereocenters. The van der Waals surface area contributed by atoms with Crippen molar-refractivity contribution in [1.82, 2.24) is 10.6 Å². The topological polar surface area (TPSA) is 114 Å². The summed E-state index contributed by atoms with van der Waals surface area (Å²) >= 11 is 0. The van der Waals surface area contributed by atoms with Crippen molar-refractivity contribution >= 4 is 18.0 Å². The lowest BCUT2D eigenvalue weighted by atomic mass is 10.1. The highest BCUT2D eigenvalue weighted by molar-refractivity contribution is 5.89. The maximum absolute atomic E-state index is 12.2. The van der Waals surface area contributed by atoms with E-state index in [4.69, 9.17) is 4.74 Å². The minimum absolute atomic E-state index is 0.0354. The number of carbonyl (C=O) groups excluding carboxylic acids is 3. The monoisotopic (exact) mass is 366 g/mol. The van der Waals surface area contributed by atoms with Crippen molar-refractivity contribution in [3.8, 4) is 0 Å². The van der Waals surface area contributed by atoms with E-state index in [0.717, 1.165) is 18.4 Å². The number of benzene rings is 1. The highest BCUT2D eigenvalue weighted by Gasteiger charge is 2.26. The molecule has 0 spiro atoms. The van der Waals surface area contributed by atoms with Crippen LogP contribution in [0.5, 0.6) is 0 Å². The standard InChI is InChI=1S/C18H26N2O6/c1-3-4-10-14(17(23)25-2)19-16(22)15(11-21)20-18(24)26-12-13-8-6-5-7-9-13/h5-9,14-15,21H,3-4,10-12H2,1-2H3,(H,19,22)(H,20,24)/t14-,15+/m1/s1. The van der Waals surface area contributed by atoms with E-state index in [1.165, 1.54) is 7.11 Å². The van der Waals surface area contributed by atoms with Gasteiger partial charge in [0, 0.05) is 0 Å². The zero-order valence-corrected chi connectivity index (χ0v) is 15.1. The van der Waals surface area contributed by atoms with Gasteiger partial charge in [-0.25, -0.2) is 9.59 Å². The largest absolute Gasteiger partial charge is 0.467 e. The molecule has 0 radical (unpaired) electrons. The van der Waals surface area contributed by atoms with Crippen LogP contribution in [0.15, 0.2) is 30.3 Å². The van der Waals surface area contributed by atoms with Crippen molar-refractivity contribution in [2.75, 3.05) is 13.7 Å². The molecule has 0 aromatic heterocycles. The van der Waals surface area contributed by atoms with Crippen LogP contribution >= 0.6 is 0 Å². The predicted molar refractivity (Wildman–Crippen MR) is 94.1 cm³/mol. The number of aliphatic hydroxyl groups is 1. The fourth-order valence-corrected chi connectivity index (χ4v) is 2.17. The van der Waals surface area contributed by atoms with E-state index in [-0.39, 0.29) is 6.61 Å². The summed E-state index contributed by atoms with van der Waals surface area (Å²) in [6, 6.07) is 6.98. The van der Waals surface area contributed by atoms with Crippen LogP contribution in [0.4, 0.5) is 4.79 Å². The van der Waals surface area contributed by atoms with Crippen molar-refractivity contribution < 1.29 is 29.0 Å². The van der Waals surface area contributed by atoms with Gasteiger partial charge in [0.05, 0.1) is 13.7 Å². The van der Waals surface area contributed by atoms with Gasteiger partial charge in [-0.3, -0.25) is 4.79 Å². The molecule has 26 heavy (non-hydrogen) atoms. The normalized spacial score (nSPS) is 12.6. The van der Waals surface area contributed by atoms with Gasteiger partial charge < -0.3 is 25.2 Å². The van der Waals surface area contributed by atoms with Crippen molar-refractivity contribution in [2.45, 2.75) is 44.9 Å². The van der Waals surface area contributed by atoms with Crippen LogP contribution in [0.25, 0.3) is 0 Å². The van der Waals surface area contributed by atoms with Crippen molar-refractivity contribution in [2.24, 2.45) is 0 Å². The molecule has 0 unspecified atom stereocenters. The molecule has 0 bridgehead atoms. The Kier molecular flexibility index (Phi) is 9.78. The lowest BCUT2D eigenvalue weighted by Crippen LogP contribution is -2.53. The maximum atomic E-state index is 12.2. The number of carbonyl (C=O) groups is 3. The Morgan fingerprint density at radius 1 is 1.12 bits per heavy atom. The van der Waals surface area contributed by atoms with Crippen LogP contribution in [0.1, 0.15) is 31.7 Å². The van der Waals surface area contributed by atoms with Crippen LogP contribution in [0.3, 0.4) is 0 Å². The van der Waals surface area contributed by atoms with Gasteiger partial charge in [0.2, 0.25) is 5.91 Å². The Labute approximate surface area is 152 Å². The van der Waals surface area contributed by atoms with Crippen molar-refractivity contribution in [3.05, 3.63) is 35.9 Å². The van der Waals surface area contributed by atoms with Gasteiger partial charge in [0.25, 0.3) is 0 Å². The number of esters is 1. The van der Waals surface area contributed by atoms with Crippen LogP contribution < -0.4 is 10.6 Å². The van der Waals surface area contributed by atoms with E-state index < -0.39 is 36.7 Å². The number of amides is 2. The molecule has 1 rings (SSSR count). The van der Waals surface area contributed by atoms with E-state index in [1.807, 2.05) is 25.1 Å². The number of aliphatic hydroxyl groups excluding tert-OH is 1. The average molecular weight is 366 g/mol. The first kappa shape index (κ1) is 21.4. The van der Waals surface area contributed by atoms with Gasteiger partial charge in [0.1, 0.15) is 18.7 Å². The van der Waals surface area contributed by atoms with Gasteiger partial charge in [-0.1, -0.05) is 50.1 Å². The second-order valence-corrected chi connectivity index (χ2v) is 5.67. The van der Waals surface area contributed by atoms with Crippen LogP contribution in [0, 0.1) is 0 Å². The number of nitrogens with one attached hydrogen (secondary N) is 2. The third-order valence-electron chi connectivity index (χ3n) is 3.65. The van der Waals surface area contributed by atoms with E-state index in [2.05, 4.69) is 15.4 Å². The molecule has 1 aromatic rings. The molecule has 3 N–H and O–H groups in total. The zero-order valence-electron chi connectivity index (χ0n) is 15.1. The SMILES string of the molecule is CCCC[C@@H](NC(=O)[C@H](CO)NC(=O)OCc1ccccc1)C(=O)OC. The minimum Gasteiger partial charge on any atom is -0.467 e. The van der Waals surface area contributed by atoms with Gasteiger partial charge in [-0.15, -0.1) is 0 Å². The summed E-state index contributed by atoms with van der Waals surface area (Å²) in [6.07, 6.45) is 1.13. The molecule has 8 nitrogen and oxygen atoms in total. The van der Waals surface area contributed by atoms with Crippen molar-refractivity contribution in [1.29, 1.82) is 0 Å². The van der Waals surface area contributed by atoms with E-state index in [1.54, 1.807) is 12.1 Å². The maximum Gasteiger partial charge on any atom is 0.408 e. The third kappa shape index (κ3) is 7.52. The first-order chi connectivity index (χ1) is 12.5. The molecule has 2 amide bonds. The smallest absolute Gasteiger partial charge is 0.408 e. The summed E-state index contributed by atoms with van der Waals surface area (Å²) < 4.78 is 9.68.